The van der Waals surface area contributed by atoms with Crippen molar-refractivity contribution in [1.29, 1.82) is 0 Å². The third-order valence-corrected chi connectivity index (χ3v) is 8.17. The third kappa shape index (κ3) is 4.51. The first-order valence-electron chi connectivity index (χ1n) is 12.5. The second-order valence-corrected chi connectivity index (χ2v) is 10.2. The van der Waals surface area contributed by atoms with Gasteiger partial charge in [-0.05, 0) is 53.4 Å². The molecule has 1 heterocycles. The lowest BCUT2D eigenvalue weighted by Crippen LogP contribution is -2.43. The second kappa shape index (κ2) is 9.36. The molecular weight excluding hydrogens is 444 g/mol. The van der Waals surface area contributed by atoms with E-state index >= 15 is 0 Å². The molecule has 7 heteroatoms. The first kappa shape index (κ1) is 23.4. The Hall–Kier alpha value is -3.35. The highest BCUT2D eigenvalue weighted by atomic mass is 16.5. The van der Waals surface area contributed by atoms with Gasteiger partial charge >= 0.3 is 12.1 Å². The number of nitrogens with zero attached hydrogens (tertiary/aromatic N) is 1. The maximum Gasteiger partial charge on any atom is 0.407 e. The van der Waals surface area contributed by atoms with Crippen molar-refractivity contribution in [2.45, 2.75) is 38.5 Å². The van der Waals surface area contributed by atoms with E-state index in [4.69, 9.17) is 4.74 Å². The Morgan fingerprint density at radius 1 is 1.06 bits per heavy atom. The Kier molecular flexibility index (Phi) is 6.26. The summed E-state index contributed by atoms with van der Waals surface area (Å²) in [6.45, 7) is 3.74. The largest absolute Gasteiger partial charge is 0.481 e. The number of amides is 2. The quantitative estimate of drug-likeness (QED) is 0.622. The summed E-state index contributed by atoms with van der Waals surface area (Å²) in [5.41, 5.74) is 4.63. The Balaban J connectivity index is 1.06. The van der Waals surface area contributed by atoms with Gasteiger partial charge in [0, 0.05) is 31.5 Å². The summed E-state index contributed by atoms with van der Waals surface area (Å²) in [7, 11) is 0. The van der Waals surface area contributed by atoms with E-state index in [0.717, 1.165) is 19.3 Å². The fraction of sp³-hybridized carbons (Fsp3) is 0.464. The van der Waals surface area contributed by atoms with Crippen LogP contribution in [0.1, 0.15) is 49.7 Å². The van der Waals surface area contributed by atoms with E-state index < -0.39 is 12.1 Å². The molecule has 2 amide bonds. The molecule has 7 nitrogen and oxygen atoms in total. The smallest absolute Gasteiger partial charge is 0.407 e. The maximum atomic E-state index is 12.8. The van der Waals surface area contributed by atoms with Crippen molar-refractivity contribution in [3.63, 3.8) is 0 Å². The number of carboxylic acid groups (broad SMARTS) is 1. The molecule has 5 rings (SSSR count). The Labute approximate surface area is 205 Å². The van der Waals surface area contributed by atoms with E-state index in [2.05, 4.69) is 29.6 Å². The fourth-order valence-electron chi connectivity index (χ4n) is 5.90. The molecule has 0 aromatic heterocycles. The van der Waals surface area contributed by atoms with E-state index in [-0.39, 0.29) is 35.7 Å². The Bertz CT molecular complexity index is 1090. The molecule has 2 aromatic carbocycles. The molecule has 1 aliphatic heterocycles. The van der Waals surface area contributed by atoms with Crippen LogP contribution < -0.4 is 5.32 Å². The van der Waals surface area contributed by atoms with Crippen molar-refractivity contribution in [3.8, 4) is 11.1 Å². The number of aliphatic carboxylic acids is 1. The molecule has 2 unspecified atom stereocenters. The van der Waals surface area contributed by atoms with Crippen LogP contribution in [0.15, 0.2) is 48.5 Å². The first-order valence-corrected chi connectivity index (χ1v) is 12.5. The minimum absolute atomic E-state index is 0.0169. The molecule has 2 N–H and O–H groups in total. The van der Waals surface area contributed by atoms with Crippen LogP contribution in [-0.2, 0) is 14.3 Å². The number of piperidine rings is 1. The lowest BCUT2D eigenvalue weighted by Gasteiger charge is -2.34. The predicted octanol–water partition coefficient (Wildman–Crippen LogP) is 4.26. The van der Waals surface area contributed by atoms with Gasteiger partial charge in [-0.25, -0.2) is 4.79 Å². The number of likely N-dealkylation sites (tertiary alicyclic amines) is 1. The van der Waals surface area contributed by atoms with Gasteiger partial charge in [-0.15, -0.1) is 0 Å². The highest BCUT2D eigenvalue weighted by molar-refractivity contribution is 5.80. The number of rotatable bonds is 7. The molecule has 0 radical (unpaired) electrons. The predicted molar refractivity (Wildman–Crippen MR) is 131 cm³/mol. The monoisotopic (exact) mass is 476 g/mol. The summed E-state index contributed by atoms with van der Waals surface area (Å²) < 4.78 is 5.56. The average molecular weight is 477 g/mol. The number of benzene rings is 2. The van der Waals surface area contributed by atoms with Gasteiger partial charge in [0.2, 0.25) is 5.91 Å². The Morgan fingerprint density at radius 2 is 1.66 bits per heavy atom. The number of alkyl carbamates (subject to hydrolysis) is 1. The summed E-state index contributed by atoms with van der Waals surface area (Å²) >= 11 is 0. The van der Waals surface area contributed by atoms with Crippen molar-refractivity contribution >= 4 is 18.0 Å². The number of carbonyl (C=O) groups is 3. The molecular formula is C28H32N2O5. The molecule has 2 fully saturated rings. The summed E-state index contributed by atoms with van der Waals surface area (Å²) in [6.07, 6.45) is 2.33. The highest BCUT2D eigenvalue weighted by Gasteiger charge is 2.59. The standard InChI is InChI=1S/C28H32N2O5/c1-18(25(31)30-14-11-28(12-15-30)16-24(28)26(32)33)10-13-29-27(34)35-17-23-21-8-4-2-6-19(21)20-7-3-5-9-22(20)23/h2-9,18,23-24H,10-17H2,1H3,(H,29,34)(H,32,33). The number of fused-ring (bicyclic) bond motifs is 3. The van der Waals surface area contributed by atoms with Gasteiger partial charge in [0.25, 0.3) is 0 Å². The van der Waals surface area contributed by atoms with Crippen molar-refractivity contribution in [1.82, 2.24) is 10.2 Å². The van der Waals surface area contributed by atoms with E-state index in [9.17, 15) is 19.5 Å². The van der Waals surface area contributed by atoms with Gasteiger partial charge in [0.15, 0.2) is 0 Å². The summed E-state index contributed by atoms with van der Waals surface area (Å²) in [6, 6.07) is 16.4. The lowest BCUT2D eigenvalue weighted by atomic mass is 9.90. The number of hydrogen-bond acceptors (Lipinski definition) is 4. The van der Waals surface area contributed by atoms with Crippen LogP contribution in [0, 0.1) is 17.3 Å². The van der Waals surface area contributed by atoms with E-state index in [0.29, 0.717) is 26.1 Å². The molecule has 1 saturated carbocycles. The SMILES string of the molecule is CC(CCNC(=O)OCC1c2ccccc2-c2ccccc21)C(=O)N1CCC2(CC1)CC2C(=O)O. The molecule has 1 spiro atoms. The van der Waals surface area contributed by atoms with Crippen LogP contribution in [0.4, 0.5) is 4.79 Å². The summed E-state index contributed by atoms with van der Waals surface area (Å²) in [4.78, 5) is 38.3. The molecule has 2 atom stereocenters. The average Bonchev–Trinajstić information content (AvgIpc) is 3.48. The molecule has 0 bridgehead atoms. The van der Waals surface area contributed by atoms with Gasteiger partial charge in [0.05, 0.1) is 5.92 Å². The maximum absolute atomic E-state index is 12.8. The van der Waals surface area contributed by atoms with E-state index in [1.807, 2.05) is 36.1 Å². The summed E-state index contributed by atoms with van der Waals surface area (Å²) in [5, 5.41) is 12.0. The van der Waals surface area contributed by atoms with Crippen LogP contribution in [0.2, 0.25) is 0 Å². The number of ether oxygens (including phenoxy) is 1. The number of carboxylic acids is 1. The Morgan fingerprint density at radius 3 is 2.23 bits per heavy atom. The van der Waals surface area contributed by atoms with Gasteiger partial charge in [-0.1, -0.05) is 55.5 Å². The number of nitrogens with one attached hydrogen (secondary N) is 1. The van der Waals surface area contributed by atoms with Crippen LogP contribution in [-0.4, -0.2) is 54.2 Å². The van der Waals surface area contributed by atoms with Gasteiger partial charge in [-0.3, -0.25) is 9.59 Å². The van der Waals surface area contributed by atoms with Crippen molar-refractivity contribution < 1.29 is 24.2 Å². The molecule has 3 aliphatic rings. The zero-order valence-electron chi connectivity index (χ0n) is 20.0. The fourth-order valence-corrected chi connectivity index (χ4v) is 5.90. The van der Waals surface area contributed by atoms with Crippen molar-refractivity contribution in [2.75, 3.05) is 26.2 Å². The van der Waals surface area contributed by atoms with Gasteiger partial charge in [0.1, 0.15) is 6.61 Å². The van der Waals surface area contributed by atoms with Crippen LogP contribution in [0.25, 0.3) is 11.1 Å². The minimum Gasteiger partial charge on any atom is -0.481 e. The third-order valence-electron chi connectivity index (χ3n) is 8.17. The van der Waals surface area contributed by atoms with Crippen molar-refractivity contribution in [3.05, 3.63) is 59.7 Å². The molecule has 2 aromatic rings. The number of carbonyl (C=O) groups excluding carboxylic acids is 2. The first-order chi connectivity index (χ1) is 16.9. The molecule has 184 valence electrons. The second-order valence-electron chi connectivity index (χ2n) is 10.2. The lowest BCUT2D eigenvalue weighted by molar-refractivity contribution is -0.140. The van der Waals surface area contributed by atoms with Crippen LogP contribution in [0.3, 0.4) is 0 Å². The zero-order valence-corrected chi connectivity index (χ0v) is 20.0. The van der Waals surface area contributed by atoms with Crippen LogP contribution in [0.5, 0.6) is 0 Å². The number of hydrogen-bond donors (Lipinski definition) is 2. The molecule has 35 heavy (non-hydrogen) atoms. The topological polar surface area (TPSA) is 95.9 Å². The van der Waals surface area contributed by atoms with Crippen molar-refractivity contribution in [2.24, 2.45) is 17.3 Å². The molecule has 2 aliphatic carbocycles. The highest BCUT2D eigenvalue weighted by Crippen LogP contribution is 2.59. The zero-order chi connectivity index (χ0) is 24.6. The minimum atomic E-state index is -0.711. The van der Waals surface area contributed by atoms with Gasteiger partial charge < -0.3 is 20.1 Å². The molecule has 1 saturated heterocycles. The summed E-state index contributed by atoms with van der Waals surface area (Å²) in [5.74, 6) is -1.08. The van der Waals surface area contributed by atoms with Crippen LogP contribution >= 0.6 is 0 Å². The van der Waals surface area contributed by atoms with E-state index in [1.54, 1.807) is 0 Å². The normalized spacial score (nSPS) is 20.6. The van der Waals surface area contributed by atoms with Gasteiger partial charge in [-0.2, -0.15) is 0 Å². The van der Waals surface area contributed by atoms with E-state index in [1.165, 1.54) is 22.3 Å².